The van der Waals surface area contributed by atoms with Crippen LogP contribution >= 0.6 is 0 Å². The van der Waals surface area contributed by atoms with E-state index >= 15 is 0 Å². The fraction of sp³-hybridized carbons (Fsp3) is 0. The van der Waals surface area contributed by atoms with Gasteiger partial charge in [0.25, 0.3) is 0 Å². The van der Waals surface area contributed by atoms with Crippen LogP contribution in [0.2, 0.25) is 0 Å². The second kappa shape index (κ2) is 17.8. The molecule has 1 aliphatic rings. The van der Waals surface area contributed by atoms with E-state index in [0.717, 1.165) is 45.5 Å². The van der Waals surface area contributed by atoms with Gasteiger partial charge in [-0.3, -0.25) is 0 Å². The summed E-state index contributed by atoms with van der Waals surface area (Å²) in [6, 6.07) is 113. The van der Waals surface area contributed by atoms with Crippen molar-refractivity contribution < 1.29 is 0 Å². The van der Waals surface area contributed by atoms with Gasteiger partial charge in [-0.15, -0.1) is 0 Å². The zero-order valence-corrected chi connectivity index (χ0v) is 45.2. The van der Waals surface area contributed by atoms with Crippen LogP contribution in [0.1, 0.15) is 0 Å². The highest BCUT2D eigenvalue weighted by Gasteiger charge is 2.49. The van der Waals surface area contributed by atoms with Crippen LogP contribution in [0.5, 0.6) is 0 Å². The van der Waals surface area contributed by atoms with E-state index in [4.69, 9.17) is 0 Å². The van der Waals surface area contributed by atoms with E-state index in [-0.39, 0.29) is 0 Å². The molecule has 1 aliphatic heterocycles. The van der Waals surface area contributed by atoms with Gasteiger partial charge in [-0.1, -0.05) is 194 Å². The lowest BCUT2D eigenvalue weighted by Gasteiger charge is -2.34. The molecule has 2 aromatic heterocycles. The molecule has 0 atom stereocenters. The van der Waals surface area contributed by atoms with Crippen molar-refractivity contribution in [2.45, 2.75) is 0 Å². The quantitative estimate of drug-likeness (QED) is 0.100. The van der Waals surface area contributed by atoms with Gasteiger partial charge in [0.05, 0.1) is 22.1 Å². The first-order valence-electron chi connectivity index (χ1n) is 28.0. The normalized spacial score (nSPS) is 12.8. The summed E-state index contributed by atoms with van der Waals surface area (Å²) in [6.07, 6.45) is 0. The molecule has 3 heterocycles. The molecule has 0 saturated heterocycles. The summed E-state index contributed by atoms with van der Waals surface area (Å²) in [4.78, 5) is 4.98. The molecular weight excluding hydrogens is 997 g/mol. The molecule has 0 unspecified atom stereocenters. The van der Waals surface area contributed by atoms with Gasteiger partial charge >= 0.3 is 0 Å². The lowest BCUT2D eigenvalue weighted by molar-refractivity contribution is 1.18. The molecule has 0 amide bonds. The van der Waals surface area contributed by atoms with Crippen molar-refractivity contribution in [3.05, 3.63) is 303 Å². The second-order valence-electron chi connectivity index (χ2n) is 21.6. The van der Waals surface area contributed by atoms with Gasteiger partial charge in [0, 0.05) is 67.0 Å². The maximum Gasteiger partial charge on any atom is 0.181 e. The zero-order chi connectivity index (χ0) is 53.2. The highest BCUT2D eigenvalue weighted by Crippen LogP contribution is 2.47. The lowest BCUT2D eigenvalue weighted by Crippen LogP contribution is -2.72. The summed E-state index contributed by atoms with van der Waals surface area (Å²) in [5.41, 5.74) is 16.3. The molecule has 0 aliphatic carbocycles. The van der Waals surface area contributed by atoms with Crippen LogP contribution in [-0.4, -0.2) is 17.2 Å². The Morgan fingerprint density at radius 3 is 1.00 bits per heavy atom. The molecule has 5 heteroatoms. The monoisotopic (exact) mass is 1050 g/mol. The maximum absolute atomic E-state index is 3.13. The first kappa shape index (κ1) is 45.5. The van der Waals surface area contributed by atoms with Crippen molar-refractivity contribution in [3.63, 3.8) is 0 Å². The van der Waals surface area contributed by atoms with Crippen LogP contribution in [-0.2, 0) is 0 Å². The Morgan fingerprint density at radius 2 is 0.593 bits per heavy atom. The fourth-order valence-electron chi connectivity index (χ4n) is 14.1. The Bertz CT molecular complexity index is 4720. The van der Waals surface area contributed by atoms with Crippen molar-refractivity contribution in [1.82, 2.24) is 9.13 Å². The first-order chi connectivity index (χ1) is 40.2. The highest BCUT2D eigenvalue weighted by atomic mass is 28.3. The molecule has 81 heavy (non-hydrogen) atoms. The number of benzene rings is 14. The topological polar surface area (TPSA) is 16.3 Å². The summed E-state index contributed by atoms with van der Waals surface area (Å²) in [5, 5.41) is 15.6. The largest absolute Gasteiger partial charge is 0.310 e. The van der Waals surface area contributed by atoms with E-state index in [1.807, 2.05) is 0 Å². The maximum atomic E-state index is 2.56. The van der Waals surface area contributed by atoms with Crippen molar-refractivity contribution in [1.29, 1.82) is 0 Å². The number of para-hydroxylation sites is 4. The summed E-state index contributed by atoms with van der Waals surface area (Å²) < 4.78 is 4.91. The van der Waals surface area contributed by atoms with E-state index < -0.39 is 8.07 Å². The van der Waals surface area contributed by atoms with Crippen molar-refractivity contribution in [3.8, 4) is 22.5 Å². The Hall–Kier alpha value is -10.5. The second-order valence-corrected chi connectivity index (χ2v) is 25.4. The van der Waals surface area contributed by atoms with Crippen LogP contribution in [0.25, 0.3) is 87.7 Å². The van der Waals surface area contributed by atoms with E-state index in [9.17, 15) is 0 Å². The summed E-state index contributed by atoms with van der Waals surface area (Å²) in [6.45, 7) is 0. The van der Waals surface area contributed by atoms with Gasteiger partial charge in [-0.2, -0.15) is 0 Å². The molecule has 0 N–H and O–H groups in total. The third kappa shape index (κ3) is 6.70. The predicted octanol–water partition coefficient (Wildman–Crippen LogP) is 17.4. The van der Waals surface area contributed by atoms with Crippen molar-refractivity contribution >= 4 is 128 Å². The van der Waals surface area contributed by atoms with Gasteiger partial charge in [0.1, 0.15) is 0 Å². The number of anilines is 6. The van der Waals surface area contributed by atoms with Gasteiger partial charge < -0.3 is 18.9 Å². The Labute approximate surface area is 470 Å². The average Bonchev–Trinajstić information content (AvgIpc) is 4.33. The molecule has 14 aromatic carbocycles. The Kier molecular flexibility index (Phi) is 10.00. The lowest BCUT2D eigenvalue weighted by atomic mass is 10.0. The van der Waals surface area contributed by atoms with E-state index in [2.05, 4.69) is 322 Å². The van der Waals surface area contributed by atoms with Crippen LogP contribution in [0.4, 0.5) is 34.1 Å². The molecule has 4 nitrogen and oxygen atoms in total. The standard InChI is InChI=1S/C76H50N4Si/c1-7-23-55(24-8-1)77(61-45-53-39-37-51-21-19-35-67-73(51)75(53)69(47-61)79(67)57-27-11-3-12-28-57)59-41-43-65-66-44-42-60(50-72(66)81(71(65)49-59,63-31-15-5-16-32-63)64-33-17-6-18-34-64)78(56-25-9-2-10-26-56)62-46-54-40-38-52-22-20-36-68-74(52)76(54)70(48-62)80(68)58-29-13-4-14-30-58/h1-50H. The molecule has 0 fully saturated rings. The van der Waals surface area contributed by atoms with E-state index in [0.29, 0.717) is 0 Å². The van der Waals surface area contributed by atoms with Crippen LogP contribution in [0.3, 0.4) is 0 Å². The molecule has 0 bridgehead atoms. The van der Waals surface area contributed by atoms with Gasteiger partial charge in [0.2, 0.25) is 0 Å². The number of rotatable bonds is 10. The summed E-state index contributed by atoms with van der Waals surface area (Å²) in [7, 11) is -3.13. The zero-order valence-electron chi connectivity index (χ0n) is 44.2. The minimum absolute atomic E-state index is 1.10. The fourth-order valence-corrected chi connectivity index (χ4v) is 19.3. The SMILES string of the molecule is c1ccc(N(c2ccc3c(c2)[Si](c2ccccc2)(c2ccccc2)c2cc(N(c4ccccc4)c4cc5ccc6cccc7c6c5c(c4)n7-c4ccccc4)ccc2-3)c2cc3ccc4cccc5c4c3c(c2)n5-c2ccccc2)cc1. The predicted molar refractivity (Wildman–Crippen MR) is 344 cm³/mol. The van der Waals surface area contributed by atoms with Gasteiger partial charge in [0.15, 0.2) is 8.07 Å². The number of aromatic nitrogens is 2. The van der Waals surface area contributed by atoms with Crippen LogP contribution in [0, 0.1) is 0 Å². The van der Waals surface area contributed by atoms with Crippen molar-refractivity contribution in [2.24, 2.45) is 0 Å². The average molecular weight is 1050 g/mol. The van der Waals surface area contributed by atoms with Crippen LogP contribution in [0.15, 0.2) is 303 Å². The Balaban J connectivity index is 0.907. The van der Waals surface area contributed by atoms with E-state index in [1.54, 1.807) is 0 Å². The third-order valence-corrected chi connectivity index (χ3v) is 22.2. The number of nitrogens with zero attached hydrogens (tertiary/aromatic N) is 4. The molecule has 0 saturated carbocycles. The molecule has 0 spiro atoms. The number of hydrogen-bond donors (Lipinski definition) is 0. The highest BCUT2D eigenvalue weighted by molar-refractivity contribution is 7.22. The molecule has 16 aromatic rings. The summed E-state index contributed by atoms with van der Waals surface area (Å²) in [5.74, 6) is 0. The van der Waals surface area contributed by atoms with Crippen molar-refractivity contribution in [2.75, 3.05) is 9.80 Å². The smallest absolute Gasteiger partial charge is 0.181 e. The molecular formula is C76H50N4Si. The molecule has 378 valence electrons. The minimum atomic E-state index is -3.13. The minimum Gasteiger partial charge on any atom is -0.310 e. The van der Waals surface area contributed by atoms with Crippen LogP contribution < -0.4 is 30.5 Å². The first-order valence-corrected chi connectivity index (χ1v) is 30.0. The van der Waals surface area contributed by atoms with Gasteiger partial charge in [-0.25, -0.2) is 0 Å². The Morgan fingerprint density at radius 1 is 0.235 bits per heavy atom. The number of fused-ring (bicyclic) bond motifs is 3. The molecule has 17 rings (SSSR count). The van der Waals surface area contributed by atoms with Gasteiger partial charge in [-0.05, 0) is 163 Å². The summed E-state index contributed by atoms with van der Waals surface area (Å²) >= 11 is 0. The third-order valence-electron chi connectivity index (χ3n) is 17.4. The molecule has 0 radical (unpaired) electrons. The number of hydrogen-bond acceptors (Lipinski definition) is 2. The van der Waals surface area contributed by atoms with E-state index in [1.165, 1.54) is 97.0 Å².